The number of alkyl halides is 2. The second-order valence-corrected chi connectivity index (χ2v) is 11.0. The van der Waals surface area contributed by atoms with Gasteiger partial charge in [-0.15, -0.1) is 5.10 Å². The van der Waals surface area contributed by atoms with E-state index in [0.717, 1.165) is 32.5 Å². The maximum Gasteiger partial charge on any atom is 0.304 e. The van der Waals surface area contributed by atoms with E-state index in [1.54, 1.807) is 55.6 Å². The van der Waals surface area contributed by atoms with Crippen molar-refractivity contribution in [3.05, 3.63) is 65.7 Å². The van der Waals surface area contributed by atoms with Gasteiger partial charge in [0.25, 0.3) is 6.43 Å². The minimum absolute atomic E-state index is 0.0789. The smallest absolute Gasteiger partial charge is 0.304 e. The molecule has 0 radical (unpaired) electrons. The van der Waals surface area contributed by atoms with Crippen LogP contribution in [0.1, 0.15) is 18.1 Å². The summed E-state index contributed by atoms with van der Waals surface area (Å²) >= 11 is 0. The topological polar surface area (TPSA) is 98.1 Å². The van der Waals surface area contributed by atoms with Gasteiger partial charge in [-0.1, -0.05) is 30.3 Å². The summed E-state index contributed by atoms with van der Waals surface area (Å²) in [7, 11) is -0.168. The van der Waals surface area contributed by atoms with Crippen molar-refractivity contribution in [1.29, 1.82) is 0 Å². The summed E-state index contributed by atoms with van der Waals surface area (Å²) in [6.07, 6.45) is -1.91. The van der Waals surface area contributed by atoms with E-state index >= 15 is 0 Å². The van der Waals surface area contributed by atoms with Crippen LogP contribution in [0.4, 0.5) is 14.5 Å². The third-order valence-corrected chi connectivity index (χ3v) is 7.95. The molecule has 220 valence electrons. The lowest BCUT2D eigenvalue weighted by molar-refractivity contribution is -0.106. The highest BCUT2D eigenvalue weighted by molar-refractivity contribution is 7.90. The lowest BCUT2D eigenvalue weighted by Crippen LogP contribution is -2.49. The van der Waals surface area contributed by atoms with E-state index in [4.69, 9.17) is 9.53 Å². The molecular formula is C27H38F2N6O4S. The Morgan fingerprint density at radius 3 is 2.25 bits per heavy atom. The number of carbonyl (C=O) groups excluding carboxylic acids is 1. The van der Waals surface area contributed by atoms with Gasteiger partial charge in [0.15, 0.2) is 6.61 Å². The number of halogens is 2. The van der Waals surface area contributed by atoms with Crippen LogP contribution in [0.25, 0.3) is 0 Å². The van der Waals surface area contributed by atoms with Crippen molar-refractivity contribution < 1.29 is 26.7 Å². The van der Waals surface area contributed by atoms with Crippen molar-refractivity contribution in [3.63, 3.8) is 0 Å². The van der Waals surface area contributed by atoms with E-state index in [1.807, 2.05) is 6.07 Å². The van der Waals surface area contributed by atoms with Gasteiger partial charge in [-0.05, 0) is 43.8 Å². The summed E-state index contributed by atoms with van der Waals surface area (Å²) in [4.78, 5) is 13.3. The molecule has 0 N–H and O–H groups in total. The number of piperazine rings is 1. The maximum absolute atomic E-state index is 13.7. The predicted molar refractivity (Wildman–Crippen MR) is 154 cm³/mol. The first kappa shape index (κ1) is 32.9. The van der Waals surface area contributed by atoms with Gasteiger partial charge < -0.3 is 14.4 Å². The van der Waals surface area contributed by atoms with Gasteiger partial charge in [-0.3, -0.25) is 9.21 Å². The Morgan fingerprint density at radius 1 is 1.10 bits per heavy atom. The number of hydrogen-bond acceptors (Lipinski definition) is 8. The number of nitrogens with zero attached hydrogens (tertiary/aromatic N) is 6. The first-order valence-corrected chi connectivity index (χ1v) is 14.2. The highest BCUT2D eigenvalue weighted by Crippen LogP contribution is 2.23. The molecule has 2 aromatic carbocycles. The first-order valence-electron chi connectivity index (χ1n) is 12.8. The number of para-hydroxylation sites is 1. The second kappa shape index (κ2) is 16.8. The highest BCUT2D eigenvalue weighted by Gasteiger charge is 2.28. The average Bonchev–Trinajstić information content (AvgIpc) is 2.94. The van der Waals surface area contributed by atoms with E-state index in [2.05, 4.69) is 33.8 Å². The third-order valence-electron chi connectivity index (χ3n) is 6.08. The Labute approximate surface area is 235 Å². The predicted octanol–water partition coefficient (Wildman–Crippen LogP) is 2.97. The molecule has 10 nitrogen and oxygen atoms in total. The Morgan fingerprint density at radius 2 is 1.70 bits per heavy atom. The van der Waals surface area contributed by atoms with Crippen molar-refractivity contribution in [1.82, 2.24) is 14.1 Å². The Bertz CT molecular complexity index is 1180. The fraction of sp³-hybridized carbons (Fsp3) is 0.444. The van der Waals surface area contributed by atoms with Crippen LogP contribution in [0.5, 0.6) is 0 Å². The van der Waals surface area contributed by atoms with Gasteiger partial charge in [0.1, 0.15) is 6.29 Å². The molecule has 0 atom stereocenters. The zero-order valence-electron chi connectivity index (χ0n) is 23.2. The zero-order valence-corrected chi connectivity index (χ0v) is 24.0. The fourth-order valence-corrected chi connectivity index (χ4v) is 5.18. The van der Waals surface area contributed by atoms with Gasteiger partial charge in [0.05, 0.1) is 12.2 Å². The van der Waals surface area contributed by atoms with Crippen molar-refractivity contribution in [2.75, 3.05) is 64.3 Å². The zero-order chi connectivity index (χ0) is 29.5. The van der Waals surface area contributed by atoms with Gasteiger partial charge >= 0.3 is 10.2 Å². The molecule has 1 heterocycles. The first-order chi connectivity index (χ1) is 19.1. The summed E-state index contributed by atoms with van der Waals surface area (Å²) in [5.41, 5.74) is 1.66. The molecule has 2 aromatic rings. The number of rotatable bonds is 12. The van der Waals surface area contributed by atoms with Gasteiger partial charge in [-0.25, -0.2) is 8.78 Å². The van der Waals surface area contributed by atoms with Crippen LogP contribution in [-0.2, 0) is 26.3 Å². The standard InChI is InChI=1S/C25H34F2N6O3S.C2H4O/c1-28-29-25(36-20-24(26)27)22-11-9-21(10-12-22)19-33(23-7-5-4-6-8-23)37(34,35)31(3)15-18-32-16-13-30(2)14-17-32;1-2-3/h4-12,24H,1,13-20H2,2-3H3;2H,1H3/b29-25-;. The number of hydrogen-bond donors (Lipinski definition) is 0. The average molecular weight is 581 g/mol. The molecular weight excluding hydrogens is 542 g/mol. The minimum atomic E-state index is -3.84. The summed E-state index contributed by atoms with van der Waals surface area (Å²) in [6.45, 7) is 8.71. The molecule has 0 saturated carbocycles. The van der Waals surface area contributed by atoms with Crippen LogP contribution in [0.2, 0.25) is 0 Å². The lowest BCUT2D eigenvalue weighted by atomic mass is 10.1. The Balaban J connectivity index is 0.00000178. The molecule has 0 spiro atoms. The lowest BCUT2D eigenvalue weighted by Gasteiger charge is -2.34. The van der Waals surface area contributed by atoms with E-state index in [1.165, 1.54) is 15.5 Å². The molecule has 1 fully saturated rings. The van der Waals surface area contributed by atoms with Crippen LogP contribution >= 0.6 is 0 Å². The molecule has 0 unspecified atom stereocenters. The van der Waals surface area contributed by atoms with Crippen LogP contribution in [0, 0.1) is 0 Å². The normalized spacial score (nSPS) is 14.9. The van der Waals surface area contributed by atoms with Crippen molar-refractivity contribution in [2.45, 2.75) is 19.9 Å². The summed E-state index contributed by atoms with van der Waals surface area (Å²) in [5.74, 6) is -0.0852. The third kappa shape index (κ3) is 10.4. The molecule has 0 aromatic heterocycles. The number of carbonyl (C=O) groups is 1. The van der Waals surface area contributed by atoms with E-state index in [9.17, 15) is 17.2 Å². The number of aldehydes is 1. The molecule has 1 aliphatic rings. The molecule has 0 bridgehead atoms. The Kier molecular flexibility index (Phi) is 13.8. The highest BCUT2D eigenvalue weighted by atomic mass is 32.2. The van der Waals surface area contributed by atoms with Crippen molar-refractivity contribution >= 4 is 34.8 Å². The van der Waals surface area contributed by atoms with Gasteiger partial charge in [0, 0.05) is 58.6 Å². The second-order valence-electron chi connectivity index (χ2n) is 9.00. The van der Waals surface area contributed by atoms with Gasteiger partial charge in [0.2, 0.25) is 5.90 Å². The van der Waals surface area contributed by atoms with Crippen LogP contribution in [0.15, 0.2) is 64.8 Å². The van der Waals surface area contributed by atoms with E-state index in [-0.39, 0.29) is 12.4 Å². The molecule has 3 rings (SSSR count). The Hall–Kier alpha value is -3.26. The molecule has 1 aliphatic heterocycles. The van der Waals surface area contributed by atoms with Crippen molar-refractivity contribution in [3.8, 4) is 0 Å². The number of anilines is 1. The van der Waals surface area contributed by atoms with Crippen LogP contribution in [0.3, 0.4) is 0 Å². The summed E-state index contributed by atoms with van der Waals surface area (Å²) in [6, 6.07) is 15.6. The maximum atomic E-state index is 13.7. The van der Waals surface area contributed by atoms with E-state index in [0.29, 0.717) is 29.9 Å². The molecule has 13 heteroatoms. The fourth-order valence-electron chi connectivity index (χ4n) is 3.83. The van der Waals surface area contributed by atoms with Crippen LogP contribution < -0.4 is 4.31 Å². The summed E-state index contributed by atoms with van der Waals surface area (Å²) in [5, 5.41) is 7.06. The molecule has 0 amide bonds. The number of likely N-dealkylation sites (N-methyl/N-ethyl adjacent to an activating group) is 2. The van der Waals surface area contributed by atoms with Crippen LogP contribution in [-0.4, -0.2) is 108 Å². The molecule has 40 heavy (non-hydrogen) atoms. The quantitative estimate of drug-likeness (QED) is 0.166. The summed E-state index contributed by atoms with van der Waals surface area (Å²) < 4.78 is 60.3. The monoisotopic (exact) mass is 580 g/mol. The van der Waals surface area contributed by atoms with E-state index < -0.39 is 23.2 Å². The SMILES string of the molecule is C=N/N=C(\OCC(F)F)c1ccc(CN(c2ccccc2)S(=O)(=O)N(C)CCN2CCN(C)CC2)cc1.CC=O. The largest absolute Gasteiger partial charge is 0.470 e. The molecule has 0 aliphatic carbocycles. The number of benzene rings is 2. The van der Waals surface area contributed by atoms with Gasteiger partial charge in [-0.2, -0.15) is 17.8 Å². The number of ether oxygens (including phenoxy) is 1. The van der Waals surface area contributed by atoms with Crippen molar-refractivity contribution in [2.24, 2.45) is 10.2 Å². The minimum Gasteiger partial charge on any atom is -0.470 e. The molecule has 1 saturated heterocycles.